The number of para-hydroxylation sites is 1. The Morgan fingerprint density at radius 3 is 2.66 bits per heavy atom. The summed E-state index contributed by atoms with van der Waals surface area (Å²) in [5.41, 5.74) is 2.76. The molecule has 0 radical (unpaired) electrons. The topological polar surface area (TPSA) is 82.3 Å². The number of fused-ring (bicyclic) bond motifs is 1. The molecule has 2 aromatic carbocycles. The van der Waals surface area contributed by atoms with E-state index in [1.54, 1.807) is 6.08 Å². The van der Waals surface area contributed by atoms with Gasteiger partial charge in [0.05, 0.1) is 11.3 Å². The SMILES string of the molecule is O=C(Cc1c[nH]c2ccccc12)NCCN1C(=O)S/C(=C/c2ccccc2)C1=O. The first kappa shape index (κ1) is 19.0. The van der Waals surface area contributed by atoms with Gasteiger partial charge in [0.15, 0.2) is 0 Å². The zero-order valence-corrected chi connectivity index (χ0v) is 16.4. The third kappa shape index (κ3) is 4.25. The fourth-order valence-electron chi connectivity index (χ4n) is 3.21. The number of aromatic amines is 1. The summed E-state index contributed by atoms with van der Waals surface area (Å²) in [6, 6.07) is 17.2. The van der Waals surface area contributed by atoms with Gasteiger partial charge < -0.3 is 10.3 Å². The molecule has 0 unspecified atom stereocenters. The van der Waals surface area contributed by atoms with Crippen molar-refractivity contribution in [1.29, 1.82) is 0 Å². The van der Waals surface area contributed by atoms with Crippen molar-refractivity contribution in [2.75, 3.05) is 13.1 Å². The first-order valence-electron chi connectivity index (χ1n) is 9.24. The van der Waals surface area contributed by atoms with E-state index < -0.39 is 0 Å². The Hall–Kier alpha value is -3.32. The first-order chi connectivity index (χ1) is 14.1. The largest absolute Gasteiger partial charge is 0.361 e. The maximum Gasteiger partial charge on any atom is 0.293 e. The Morgan fingerprint density at radius 2 is 1.83 bits per heavy atom. The Bertz CT molecular complexity index is 1100. The maximum atomic E-state index is 12.5. The van der Waals surface area contributed by atoms with Crippen molar-refractivity contribution in [3.8, 4) is 0 Å². The number of hydrogen-bond donors (Lipinski definition) is 2. The number of imide groups is 1. The molecule has 3 aromatic rings. The molecule has 1 fully saturated rings. The number of amides is 3. The van der Waals surface area contributed by atoms with Crippen LogP contribution in [0.4, 0.5) is 4.79 Å². The summed E-state index contributed by atoms with van der Waals surface area (Å²) in [6.45, 7) is 0.369. The molecule has 0 spiro atoms. The summed E-state index contributed by atoms with van der Waals surface area (Å²) >= 11 is 0.922. The molecule has 4 rings (SSSR count). The monoisotopic (exact) mass is 405 g/mol. The van der Waals surface area contributed by atoms with Gasteiger partial charge in [0.2, 0.25) is 5.91 Å². The van der Waals surface area contributed by atoms with E-state index in [1.807, 2.05) is 60.8 Å². The molecule has 0 atom stereocenters. The molecule has 3 amide bonds. The average molecular weight is 405 g/mol. The number of thioether (sulfide) groups is 1. The number of nitrogens with zero attached hydrogens (tertiary/aromatic N) is 1. The van der Waals surface area contributed by atoms with E-state index in [2.05, 4.69) is 10.3 Å². The Labute approximate surface area is 172 Å². The number of H-pyrrole nitrogens is 1. The molecule has 2 N–H and O–H groups in total. The van der Waals surface area contributed by atoms with Crippen LogP contribution in [0.15, 0.2) is 65.7 Å². The van der Waals surface area contributed by atoms with E-state index in [9.17, 15) is 14.4 Å². The molecule has 1 aromatic heterocycles. The zero-order valence-electron chi connectivity index (χ0n) is 15.6. The average Bonchev–Trinajstić information content (AvgIpc) is 3.25. The molecule has 1 aliphatic rings. The van der Waals surface area contributed by atoms with E-state index in [0.29, 0.717) is 4.91 Å². The van der Waals surface area contributed by atoms with E-state index in [1.165, 1.54) is 4.90 Å². The van der Waals surface area contributed by atoms with Crippen LogP contribution < -0.4 is 5.32 Å². The predicted molar refractivity (Wildman–Crippen MR) is 114 cm³/mol. The van der Waals surface area contributed by atoms with Gasteiger partial charge in [0.1, 0.15) is 0 Å². The van der Waals surface area contributed by atoms with Gasteiger partial charge in [-0.05, 0) is 35.0 Å². The zero-order chi connectivity index (χ0) is 20.2. The van der Waals surface area contributed by atoms with Crippen LogP contribution in [0, 0.1) is 0 Å². The van der Waals surface area contributed by atoms with Crippen LogP contribution in [0.1, 0.15) is 11.1 Å². The molecular formula is C22H19N3O3S. The molecule has 146 valence electrons. The molecule has 0 aliphatic carbocycles. The summed E-state index contributed by atoms with van der Waals surface area (Å²) in [7, 11) is 0. The Morgan fingerprint density at radius 1 is 1.07 bits per heavy atom. The molecule has 2 heterocycles. The molecule has 6 nitrogen and oxygen atoms in total. The van der Waals surface area contributed by atoms with Crippen molar-refractivity contribution in [2.45, 2.75) is 6.42 Å². The van der Waals surface area contributed by atoms with Crippen LogP contribution >= 0.6 is 11.8 Å². The summed E-state index contributed by atoms with van der Waals surface area (Å²) in [4.78, 5) is 41.6. The van der Waals surface area contributed by atoms with Gasteiger partial charge in [0.25, 0.3) is 11.1 Å². The summed E-state index contributed by atoms with van der Waals surface area (Å²) in [5.74, 6) is -0.476. The third-order valence-electron chi connectivity index (χ3n) is 4.65. The number of carbonyl (C=O) groups is 3. The summed E-state index contributed by atoms with van der Waals surface area (Å²) in [5, 5.41) is 3.49. The van der Waals surface area contributed by atoms with Crippen LogP contribution in [0.3, 0.4) is 0 Å². The van der Waals surface area contributed by atoms with Crippen LogP contribution in [0.2, 0.25) is 0 Å². The van der Waals surface area contributed by atoms with Crippen LogP contribution in [-0.4, -0.2) is 40.0 Å². The molecule has 7 heteroatoms. The van der Waals surface area contributed by atoms with Crippen molar-refractivity contribution >= 4 is 45.8 Å². The number of rotatable bonds is 6. The van der Waals surface area contributed by atoms with Crippen molar-refractivity contribution in [2.24, 2.45) is 0 Å². The van der Waals surface area contributed by atoms with Crippen molar-refractivity contribution in [3.63, 3.8) is 0 Å². The van der Waals surface area contributed by atoms with Gasteiger partial charge in [-0.25, -0.2) is 0 Å². The first-order valence-corrected chi connectivity index (χ1v) is 10.1. The maximum absolute atomic E-state index is 12.5. The predicted octanol–water partition coefficient (Wildman–Crippen LogP) is 3.56. The molecule has 0 saturated carbocycles. The lowest BCUT2D eigenvalue weighted by Gasteiger charge is -2.13. The Balaban J connectivity index is 1.32. The van der Waals surface area contributed by atoms with Crippen LogP contribution in [-0.2, 0) is 16.0 Å². The summed E-state index contributed by atoms with van der Waals surface area (Å²) < 4.78 is 0. The van der Waals surface area contributed by atoms with Gasteiger partial charge in [-0.2, -0.15) is 0 Å². The molecule has 0 bridgehead atoms. The lowest BCUT2D eigenvalue weighted by Crippen LogP contribution is -2.37. The highest BCUT2D eigenvalue weighted by Gasteiger charge is 2.34. The smallest absolute Gasteiger partial charge is 0.293 e. The number of hydrogen-bond acceptors (Lipinski definition) is 4. The quantitative estimate of drug-likeness (QED) is 0.615. The third-order valence-corrected chi connectivity index (χ3v) is 5.56. The second-order valence-electron chi connectivity index (χ2n) is 6.63. The van der Waals surface area contributed by atoms with Gasteiger partial charge in [-0.3, -0.25) is 19.3 Å². The van der Waals surface area contributed by atoms with E-state index >= 15 is 0 Å². The number of aromatic nitrogens is 1. The van der Waals surface area contributed by atoms with Crippen LogP contribution in [0.5, 0.6) is 0 Å². The lowest BCUT2D eigenvalue weighted by molar-refractivity contribution is -0.124. The minimum atomic E-state index is -0.324. The van der Waals surface area contributed by atoms with Crippen LogP contribution in [0.25, 0.3) is 17.0 Å². The number of carbonyl (C=O) groups excluding carboxylic acids is 3. The van der Waals surface area contributed by atoms with Crippen molar-refractivity contribution in [1.82, 2.24) is 15.2 Å². The fraction of sp³-hybridized carbons (Fsp3) is 0.136. The van der Waals surface area contributed by atoms with E-state index in [-0.39, 0.29) is 36.6 Å². The van der Waals surface area contributed by atoms with E-state index in [0.717, 1.165) is 33.8 Å². The number of benzene rings is 2. The van der Waals surface area contributed by atoms with Gasteiger partial charge >= 0.3 is 0 Å². The van der Waals surface area contributed by atoms with E-state index in [4.69, 9.17) is 0 Å². The van der Waals surface area contributed by atoms with Gasteiger partial charge in [-0.1, -0.05) is 48.5 Å². The Kier molecular flexibility index (Phi) is 5.48. The minimum absolute atomic E-state index is 0.149. The van der Waals surface area contributed by atoms with Gasteiger partial charge in [-0.15, -0.1) is 0 Å². The normalized spacial score (nSPS) is 15.4. The molecule has 1 aliphatic heterocycles. The molecule has 1 saturated heterocycles. The summed E-state index contributed by atoms with van der Waals surface area (Å²) in [6.07, 6.45) is 3.77. The molecular weight excluding hydrogens is 386 g/mol. The highest BCUT2D eigenvalue weighted by Crippen LogP contribution is 2.31. The van der Waals surface area contributed by atoms with Gasteiger partial charge in [0, 0.05) is 30.2 Å². The molecule has 29 heavy (non-hydrogen) atoms. The lowest BCUT2D eigenvalue weighted by atomic mass is 10.1. The second kappa shape index (κ2) is 8.36. The minimum Gasteiger partial charge on any atom is -0.361 e. The second-order valence-corrected chi connectivity index (χ2v) is 7.62. The fourth-order valence-corrected chi connectivity index (χ4v) is 4.08. The highest BCUT2D eigenvalue weighted by molar-refractivity contribution is 8.18. The standard InChI is InChI=1S/C22H19N3O3S/c26-20(13-16-14-24-18-9-5-4-8-17(16)18)23-10-11-25-21(27)19(29-22(25)28)12-15-6-2-1-3-7-15/h1-9,12,14,24H,10-11,13H2,(H,23,26)/b19-12+. The number of nitrogens with one attached hydrogen (secondary N) is 2. The highest BCUT2D eigenvalue weighted by atomic mass is 32.2. The van der Waals surface area contributed by atoms with Crippen molar-refractivity contribution < 1.29 is 14.4 Å². The van der Waals surface area contributed by atoms with Crippen molar-refractivity contribution in [3.05, 3.63) is 76.8 Å².